The van der Waals surface area contributed by atoms with Crippen LogP contribution >= 0.6 is 0 Å². The molecule has 5 aromatic rings. The number of amides is 1. The Morgan fingerprint density at radius 2 is 1.68 bits per heavy atom. The Balaban J connectivity index is 1.38. The second kappa shape index (κ2) is 10.4. The molecule has 37 heavy (non-hydrogen) atoms. The summed E-state index contributed by atoms with van der Waals surface area (Å²) in [5, 5.41) is 6.26. The molecule has 2 N–H and O–H groups in total. The van der Waals surface area contributed by atoms with Crippen molar-refractivity contribution in [2.24, 2.45) is 0 Å². The summed E-state index contributed by atoms with van der Waals surface area (Å²) in [4.78, 5) is 26.6. The summed E-state index contributed by atoms with van der Waals surface area (Å²) in [5.41, 5.74) is 3.61. The Morgan fingerprint density at radius 3 is 2.41 bits per heavy atom. The molecule has 0 saturated carbocycles. The van der Waals surface area contributed by atoms with Gasteiger partial charge in [0.25, 0.3) is 5.91 Å². The highest BCUT2D eigenvalue weighted by Crippen LogP contribution is 2.30. The SMILES string of the molecule is COc1cccc(OC)c1C(=O)Nc1ccc2c(c1)ncn2-c1ccnc(N[C@@H](C)c2ccccc2)n1. The predicted molar refractivity (Wildman–Crippen MR) is 143 cm³/mol. The first kappa shape index (κ1) is 23.8. The van der Waals surface area contributed by atoms with Crippen LogP contribution < -0.4 is 20.1 Å². The van der Waals surface area contributed by atoms with Gasteiger partial charge in [-0.3, -0.25) is 9.36 Å². The maximum absolute atomic E-state index is 13.0. The van der Waals surface area contributed by atoms with E-state index >= 15 is 0 Å². The second-order valence-corrected chi connectivity index (χ2v) is 8.32. The van der Waals surface area contributed by atoms with Crippen molar-refractivity contribution in [2.45, 2.75) is 13.0 Å². The van der Waals surface area contributed by atoms with Crippen LogP contribution in [0.5, 0.6) is 11.5 Å². The van der Waals surface area contributed by atoms with Gasteiger partial charge in [0.2, 0.25) is 5.95 Å². The largest absolute Gasteiger partial charge is 0.496 e. The standard InChI is InChI=1S/C28H26N6O3/c1-18(19-8-5-4-6-9-19)31-28-29-15-14-25(33-28)34-17-30-21-16-20(12-13-22(21)34)32-27(35)26-23(36-2)10-7-11-24(26)37-3/h4-18H,1-3H3,(H,32,35)(H,29,31,33)/t18-/m0/s1. The van der Waals surface area contributed by atoms with Gasteiger partial charge in [0.1, 0.15) is 29.2 Å². The molecule has 0 fully saturated rings. The lowest BCUT2D eigenvalue weighted by molar-refractivity contribution is 0.102. The maximum Gasteiger partial charge on any atom is 0.263 e. The average Bonchev–Trinajstić information content (AvgIpc) is 3.36. The van der Waals surface area contributed by atoms with Crippen molar-refractivity contribution in [1.29, 1.82) is 0 Å². The van der Waals surface area contributed by atoms with Crippen molar-refractivity contribution in [3.8, 4) is 17.3 Å². The van der Waals surface area contributed by atoms with Gasteiger partial charge in [0, 0.05) is 11.9 Å². The van der Waals surface area contributed by atoms with Crippen LogP contribution in [0, 0.1) is 0 Å². The van der Waals surface area contributed by atoms with Gasteiger partial charge in [-0.2, -0.15) is 4.98 Å². The molecule has 0 aliphatic heterocycles. The smallest absolute Gasteiger partial charge is 0.263 e. The first-order chi connectivity index (χ1) is 18.1. The van der Waals surface area contributed by atoms with E-state index in [-0.39, 0.29) is 11.9 Å². The van der Waals surface area contributed by atoms with E-state index in [9.17, 15) is 4.79 Å². The summed E-state index contributed by atoms with van der Waals surface area (Å²) in [6.45, 7) is 2.06. The molecule has 1 atom stereocenters. The molecule has 9 heteroatoms. The topological polar surface area (TPSA) is 103 Å². The van der Waals surface area contributed by atoms with E-state index in [1.54, 1.807) is 30.7 Å². The van der Waals surface area contributed by atoms with E-state index in [1.165, 1.54) is 14.2 Å². The quantitative estimate of drug-likeness (QED) is 0.303. The summed E-state index contributed by atoms with van der Waals surface area (Å²) in [6, 6.07) is 22.7. The van der Waals surface area contributed by atoms with Gasteiger partial charge in [-0.15, -0.1) is 0 Å². The lowest BCUT2D eigenvalue weighted by atomic mass is 10.1. The molecule has 2 heterocycles. The number of rotatable bonds is 8. The summed E-state index contributed by atoms with van der Waals surface area (Å²) in [5.74, 6) is 1.71. The monoisotopic (exact) mass is 494 g/mol. The molecule has 0 aliphatic carbocycles. The van der Waals surface area contributed by atoms with Crippen LogP contribution in [0.1, 0.15) is 28.9 Å². The van der Waals surface area contributed by atoms with Gasteiger partial charge in [-0.1, -0.05) is 36.4 Å². The van der Waals surface area contributed by atoms with Gasteiger partial charge in [-0.25, -0.2) is 9.97 Å². The van der Waals surface area contributed by atoms with Crippen LogP contribution in [-0.4, -0.2) is 39.6 Å². The van der Waals surface area contributed by atoms with Crippen LogP contribution in [0.4, 0.5) is 11.6 Å². The molecule has 2 aromatic heterocycles. The molecule has 3 aromatic carbocycles. The highest BCUT2D eigenvalue weighted by Gasteiger charge is 2.19. The number of hydrogen-bond acceptors (Lipinski definition) is 7. The number of carbonyl (C=O) groups excluding carboxylic acids is 1. The van der Waals surface area contributed by atoms with Crippen molar-refractivity contribution in [3.05, 3.63) is 96.4 Å². The highest BCUT2D eigenvalue weighted by atomic mass is 16.5. The first-order valence-electron chi connectivity index (χ1n) is 11.7. The third-order valence-electron chi connectivity index (χ3n) is 5.99. The van der Waals surface area contributed by atoms with Crippen LogP contribution in [0.15, 0.2) is 85.3 Å². The van der Waals surface area contributed by atoms with E-state index in [0.29, 0.717) is 40.0 Å². The Hall–Kier alpha value is -4.92. The van der Waals surface area contributed by atoms with Crippen LogP contribution in [0.2, 0.25) is 0 Å². The lowest BCUT2D eigenvalue weighted by Gasteiger charge is -2.15. The minimum absolute atomic E-state index is 0.0454. The third-order valence-corrected chi connectivity index (χ3v) is 5.99. The summed E-state index contributed by atoms with van der Waals surface area (Å²) in [6.07, 6.45) is 3.41. The normalized spacial score (nSPS) is 11.6. The molecule has 0 aliphatic rings. The first-order valence-corrected chi connectivity index (χ1v) is 11.7. The Kier molecular flexibility index (Phi) is 6.67. The molecule has 0 saturated heterocycles. The summed E-state index contributed by atoms with van der Waals surface area (Å²) in [7, 11) is 3.03. The zero-order valence-electron chi connectivity index (χ0n) is 20.7. The molecule has 1 amide bonds. The number of nitrogens with one attached hydrogen (secondary N) is 2. The van der Waals surface area contributed by atoms with Crippen LogP contribution in [0.3, 0.4) is 0 Å². The second-order valence-electron chi connectivity index (χ2n) is 8.32. The molecular weight excluding hydrogens is 468 g/mol. The maximum atomic E-state index is 13.0. The number of anilines is 2. The summed E-state index contributed by atoms with van der Waals surface area (Å²) < 4.78 is 12.6. The number of carbonyl (C=O) groups is 1. The predicted octanol–water partition coefficient (Wildman–Crippen LogP) is 5.26. The van der Waals surface area contributed by atoms with E-state index in [1.807, 2.05) is 47.0 Å². The van der Waals surface area contributed by atoms with Crippen molar-refractivity contribution in [3.63, 3.8) is 0 Å². The Labute approximate surface area is 214 Å². The molecule has 0 unspecified atom stereocenters. The third kappa shape index (κ3) is 4.92. The lowest BCUT2D eigenvalue weighted by Crippen LogP contribution is -2.14. The minimum atomic E-state index is -0.341. The summed E-state index contributed by atoms with van der Waals surface area (Å²) >= 11 is 0. The van der Waals surface area contributed by atoms with Crippen molar-refractivity contribution in [2.75, 3.05) is 24.9 Å². The fourth-order valence-electron chi connectivity index (χ4n) is 4.11. The minimum Gasteiger partial charge on any atom is -0.496 e. The van der Waals surface area contributed by atoms with Gasteiger partial charge < -0.3 is 20.1 Å². The number of imidazole rings is 1. The van der Waals surface area contributed by atoms with Gasteiger partial charge in [0.05, 0.1) is 31.3 Å². The van der Waals surface area contributed by atoms with Gasteiger partial charge in [0.15, 0.2) is 0 Å². The zero-order valence-corrected chi connectivity index (χ0v) is 20.7. The van der Waals surface area contributed by atoms with Crippen molar-refractivity contribution in [1.82, 2.24) is 19.5 Å². The number of fused-ring (bicyclic) bond motifs is 1. The number of aromatic nitrogens is 4. The van der Waals surface area contributed by atoms with Gasteiger partial charge >= 0.3 is 0 Å². The molecule has 0 bridgehead atoms. The van der Waals surface area contributed by atoms with E-state index in [0.717, 1.165) is 11.1 Å². The number of methoxy groups -OCH3 is 2. The molecule has 9 nitrogen and oxygen atoms in total. The van der Waals surface area contributed by atoms with Crippen molar-refractivity contribution >= 4 is 28.6 Å². The van der Waals surface area contributed by atoms with E-state index < -0.39 is 0 Å². The highest BCUT2D eigenvalue weighted by molar-refractivity contribution is 6.08. The van der Waals surface area contributed by atoms with Crippen molar-refractivity contribution < 1.29 is 14.3 Å². The number of nitrogens with zero attached hydrogens (tertiary/aromatic N) is 4. The zero-order chi connectivity index (χ0) is 25.8. The van der Waals surface area contributed by atoms with E-state index in [4.69, 9.17) is 9.47 Å². The fourth-order valence-corrected chi connectivity index (χ4v) is 4.11. The average molecular weight is 495 g/mol. The van der Waals surface area contributed by atoms with Crippen LogP contribution in [-0.2, 0) is 0 Å². The molecular formula is C28H26N6O3. The number of benzene rings is 3. The Morgan fingerprint density at radius 1 is 0.919 bits per heavy atom. The molecule has 0 spiro atoms. The number of hydrogen-bond donors (Lipinski definition) is 2. The van der Waals surface area contributed by atoms with Gasteiger partial charge in [-0.05, 0) is 48.9 Å². The molecule has 0 radical (unpaired) electrons. The van der Waals surface area contributed by atoms with Crippen LogP contribution in [0.25, 0.3) is 16.9 Å². The fraction of sp³-hybridized carbons (Fsp3) is 0.143. The molecule has 5 rings (SSSR count). The Bertz CT molecular complexity index is 1530. The van der Waals surface area contributed by atoms with E-state index in [2.05, 4.69) is 44.6 Å². The molecule has 186 valence electrons. The number of ether oxygens (including phenoxy) is 2.